The third-order valence-electron chi connectivity index (χ3n) is 3.89. The van der Waals surface area contributed by atoms with E-state index in [9.17, 15) is 0 Å². The molecule has 6 heteroatoms. The van der Waals surface area contributed by atoms with Crippen molar-refractivity contribution in [3.63, 3.8) is 0 Å². The fourth-order valence-corrected chi connectivity index (χ4v) is 2.62. The van der Waals surface area contributed by atoms with Gasteiger partial charge in [0.25, 0.3) is 0 Å². The molecular formula is C12H21ClN4O. The summed E-state index contributed by atoms with van der Waals surface area (Å²) in [4.78, 5) is 6.86. The fourth-order valence-electron chi connectivity index (χ4n) is 2.62. The number of nitrogens with zero attached hydrogens (tertiary/aromatic N) is 3. The maximum Gasteiger partial charge on any atom is 0.240 e. The second-order valence-corrected chi connectivity index (χ2v) is 5.44. The van der Waals surface area contributed by atoms with E-state index in [2.05, 4.69) is 22.0 Å². The lowest BCUT2D eigenvalue weighted by molar-refractivity contribution is 0.218. The van der Waals surface area contributed by atoms with Crippen LogP contribution in [0.4, 0.5) is 0 Å². The highest BCUT2D eigenvalue weighted by molar-refractivity contribution is 5.85. The quantitative estimate of drug-likeness (QED) is 0.900. The molecule has 102 valence electrons. The Kier molecular flexibility index (Phi) is 4.25. The lowest BCUT2D eigenvalue weighted by Crippen LogP contribution is -2.27. The Morgan fingerprint density at radius 1 is 1.44 bits per heavy atom. The van der Waals surface area contributed by atoms with E-state index in [0.717, 1.165) is 31.3 Å². The molecule has 0 aromatic carbocycles. The summed E-state index contributed by atoms with van der Waals surface area (Å²) < 4.78 is 5.31. The zero-order chi connectivity index (χ0) is 11.8. The summed E-state index contributed by atoms with van der Waals surface area (Å²) in [6.07, 6.45) is 3.61. The predicted octanol–water partition coefficient (Wildman–Crippen LogP) is 1.54. The average Bonchev–Trinajstić information content (AvgIpc) is 2.98. The van der Waals surface area contributed by atoms with Crippen LogP contribution in [0.5, 0.6) is 0 Å². The molecule has 1 saturated carbocycles. The maximum absolute atomic E-state index is 5.73. The first kappa shape index (κ1) is 13.8. The van der Waals surface area contributed by atoms with Crippen LogP contribution in [0, 0.1) is 5.92 Å². The van der Waals surface area contributed by atoms with Crippen molar-refractivity contribution in [2.24, 2.45) is 11.7 Å². The summed E-state index contributed by atoms with van der Waals surface area (Å²) in [7, 11) is 0. The molecule has 0 radical (unpaired) electrons. The summed E-state index contributed by atoms with van der Waals surface area (Å²) >= 11 is 0. The molecule has 2 aliphatic rings. The van der Waals surface area contributed by atoms with Crippen molar-refractivity contribution in [1.29, 1.82) is 0 Å². The summed E-state index contributed by atoms with van der Waals surface area (Å²) in [5, 5.41) is 4.05. The lowest BCUT2D eigenvalue weighted by atomic mass is 10.1. The maximum atomic E-state index is 5.73. The first-order valence-electron chi connectivity index (χ1n) is 6.53. The molecule has 0 amide bonds. The minimum Gasteiger partial charge on any atom is -0.338 e. The van der Waals surface area contributed by atoms with Gasteiger partial charge >= 0.3 is 0 Å². The normalized spacial score (nSPS) is 28.3. The molecule has 3 rings (SSSR count). The highest BCUT2D eigenvalue weighted by Gasteiger charge is 2.31. The molecule has 2 fully saturated rings. The van der Waals surface area contributed by atoms with Gasteiger partial charge < -0.3 is 10.3 Å². The van der Waals surface area contributed by atoms with Crippen molar-refractivity contribution in [2.45, 2.75) is 44.7 Å². The van der Waals surface area contributed by atoms with Crippen LogP contribution in [0.25, 0.3) is 0 Å². The van der Waals surface area contributed by atoms with E-state index in [1.165, 1.54) is 19.3 Å². The molecule has 18 heavy (non-hydrogen) atoms. The molecule has 0 spiro atoms. The molecule has 1 aromatic rings. The zero-order valence-electron chi connectivity index (χ0n) is 10.7. The number of nitrogens with two attached hydrogens (primary N) is 1. The van der Waals surface area contributed by atoms with Crippen molar-refractivity contribution in [3.05, 3.63) is 11.7 Å². The average molecular weight is 273 g/mol. The molecule has 1 saturated heterocycles. The van der Waals surface area contributed by atoms with Gasteiger partial charge in [0, 0.05) is 18.5 Å². The Labute approximate surface area is 114 Å². The van der Waals surface area contributed by atoms with Crippen LogP contribution < -0.4 is 5.73 Å². The van der Waals surface area contributed by atoms with Crippen LogP contribution >= 0.6 is 12.4 Å². The Hall–Kier alpha value is -0.650. The van der Waals surface area contributed by atoms with Gasteiger partial charge in [0.2, 0.25) is 5.89 Å². The van der Waals surface area contributed by atoms with Gasteiger partial charge in [-0.3, -0.25) is 4.90 Å². The minimum atomic E-state index is 0. The second-order valence-electron chi connectivity index (χ2n) is 5.44. The second kappa shape index (κ2) is 5.55. The van der Waals surface area contributed by atoms with Crippen molar-refractivity contribution < 1.29 is 4.52 Å². The standard InChI is InChI=1S/C12H20N4O.ClH/c1-8-4-9(5-13)6-16(8)7-11-14-12(15-17-11)10-2-3-10;/h8-10H,2-7,13H2,1H3;1H. The molecule has 1 aliphatic heterocycles. The third-order valence-corrected chi connectivity index (χ3v) is 3.89. The van der Waals surface area contributed by atoms with Crippen molar-refractivity contribution in [3.8, 4) is 0 Å². The molecule has 2 N–H and O–H groups in total. The summed E-state index contributed by atoms with van der Waals surface area (Å²) in [5.41, 5.74) is 5.73. The van der Waals surface area contributed by atoms with E-state index in [0.29, 0.717) is 17.9 Å². The van der Waals surface area contributed by atoms with E-state index in [-0.39, 0.29) is 12.4 Å². The number of halogens is 1. The Bertz CT molecular complexity index is 393. The van der Waals surface area contributed by atoms with Crippen molar-refractivity contribution in [1.82, 2.24) is 15.0 Å². The Balaban J connectivity index is 0.00000120. The largest absolute Gasteiger partial charge is 0.338 e. The molecule has 1 aliphatic carbocycles. The molecular weight excluding hydrogens is 252 g/mol. The van der Waals surface area contributed by atoms with E-state index < -0.39 is 0 Å². The first-order valence-corrected chi connectivity index (χ1v) is 6.53. The summed E-state index contributed by atoms with van der Waals surface area (Å²) in [6.45, 7) is 4.85. The molecule has 0 bridgehead atoms. The number of hydrogen-bond acceptors (Lipinski definition) is 5. The van der Waals surface area contributed by atoms with Crippen molar-refractivity contribution in [2.75, 3.05) is 13.1 Å². The molecule has 2 heterocycles. The molecule has 1 aromatic heterocycles. The van der Waals surface area contributed by atoms with Gasteiger partial charge in [-0.2, -0.15) is 4.98 Å². The number of rotatable bonds is 4. The summed E-state index contributed by atoms with van der Waals surface area (Å²) in [5.74, 6) is 2.86. The predicted molar refractivity (Wildman–Crippen MR) is 70.6 cm³/mol. The number of hydrogen-bond donors (Lipinski definition) is 1. The minimum absolute atomic E-state index is 0. The van der Waals surface area contributed by atoms with Gasteiger partial charge in [-0.15, -0.1) is 12.4 Å². The van der Waals surface area contributed by atoms with Crippen LogP contribution in [0.3, 0.4) is 0 Å². The Morgan fingerprint density at radius 3 is 2.83 bits per heavy atom. The van der Waals surface area contributed by atoms with E-state index in [1.807, 2.05) is 0 Å². The smallest absolute Gasteiger partial charge is 0.240 e. The van der Waals surface area contributed by atoms with Gasteiger partial charge in [0.1, 0.15) is 0 Å². The zero-order valence-corrected chi connectivity index (χ0v) is 11.5. The highest BCUT2D eigenvalue weighted by Crippen LogP contribution is 2.38. The van der Waals surface area contributed by atoms with Crippen LogP contribution in [-0.4, -0.2) is 34.2 Å². The van der Waals surface area contributed by atoms with Crippen LogP contribution in [0.15, 0.2) is 4.52 Å². The van der Waals surface area contributed by atoms with Crippen LogP contribution in [0.2, 0.25) is 0 Å². The van der Waals surface area contributed by atoms with Gasteiger partial charge in [-0.1, -0.05) is 5.16 Å². The van der Waals surface area contributed by atoms with E-state index in [1.54, 1.807) is 0 Å². The monoisotopic (exact) mass is 272 g/mol. The highest BCUT2D eigenvalue weighted by atomic mass is 35.5. The van der Waals surface area contributed by atoms with Gasteiger partial charge in [0.05, 0.1) is 6.54 Å². The van der Waals surface area contributed by atoms with E-state index >= 15 is 0 Å². The van der Waals surface area contributed by atoms with Gasteiger partial charge in [-0.25, -0.2) is 0 Å². The van der Waals surface area contributed by atoms with Gasteiger partial charge in [-0.05, 0) is 38.6 Å². The van der Waals surface area contributed by atoms with E-state index in [4.69, 9.17) is 10.3 Å². The van der Waals surface area contributed by atoms with Gasteiger partial charge in [0.15, 0.2) is 5.82 Å². The van der Waals surface area contributed by atoms with Crippen LogP contribution in [-0.2, 0) is 6.54 Å². The number of aromatic nitrogens is 2. The molecule has 5 nitrogen and oxygen atoms in total. The lowest BCUT2D eigenvalue weighted by Gasteiger charge is -2.18. The number of likely N-dealkylation sites (tertiary alicyclic amines) is 1. The first-order chi connectivity index (χ1) is 8.26. The Morgan fingerprint density at radius 2 is 2.22 bits per heavy atom. The van der Waals surface area contributed by atoms with Crippen molar-refractivity contribution >= 4 is 12.4 Å². The molecule has 2 atom stereocenters. The topological polar surface area (TPSA) is 68.2 Å². The summed E-state index contributed by atoms with van der Waals surface area (Å²) in [6, 6.07) is 0.569. The van der Waals surface area contributed by atoms with Crippen LogP contribution in [0.1, 0.15) is 43.8 Å². The SMILES string of the molecule is CC1CC(CN)CN1Cc1nc(C2CC2)no1.Cl. The third kappa shape index (κ3) is 2.84. The fraction of sp³-hybridized carbons (Fsp3) is 0.833. The molecule has 2 unspecified atom stereocenters.